The first kappa shape index (κ1) is 60.1. The van der Waals surface area contributed by atoms with Crippen molar-refractivity contribution in [3.63, 3.8) is 0 Å². The van der Waals surface area contributed by atoms with Crippen molar-refractivity contribution < 1.29 is 24.5 Å². The van der Waals surface area contributed by atoms with Gasteiger partial charge >= 0.3 is 5.97 Å². The summed E-state index contributed by atoms with van der Waals surface area (Å²) in [5.41, 5.74) is 0. The minimum Gasteiger partial charge on any atom is -0.466 e. The van der Waals surface area contributed by atoms with Gasteiger partial charge in [0.05, 0.1) is 25.4 Å². The molecule has 2 unspecified atom stereocenters. The summed E-state index contributed by atoms with van der Waals surface area (Å²) in [5.74, 6) is -0.0771. The Balaban J connectivity index is 3.40. The van der Waals surface area contributed by atoms with Crippen molar-refractivity contribution in [1.82, 2.24) is 5.32 Å². The Kier molecular flexibility index (Phi) is 50.1. The van der Waals surface area contributed by atoms with Crippen LogP contribution in [0.4, 0.5) is 0 Å². The molecule has 0 saturated heterocycles. The number of unbranched alkanes of at least 4 members (excludes halogenated alkanes) is 35. The number of ether oxygens (including phenoxy) is 1. The van der Waals surface area contributed by atoms with Crippen LogP contribution in [0.2, 0.25) is 0 Å². The number of hydrogen-bond acceptors (Lipinski definition) is 5. The fourth-order valence-electron chi connectivity index (χ4n) is 8.19. The van der Waals surface area contributed by atoms with Gasteiger partial charge in [0.25, 0.3) is 0 Å². The summed E-state index contributed by atoms with van der Waals surface area (Å²) < 4.78 is 5.47. The highest BCUT2D eigenvalue weighted by Crippen LogP contribution is 2.16. The Labute approximate surface area is 385 Å². The van der Waals surface area contributed by atoms with Gasteiger partial charge in [0.15, 0.2) is 0 Å². The van der Waals surface area contributed by atoms with Crippen molar-refractivity contribution in [3.8, 4) is 0 Å². The van der Waals surface area contributed by atoms with Crippen LogP contribution in [0.1, 0.15) is 284 Å². The molecular formula is C56H105NO5. The Bertz CT molecular complexity index is 1010. The van der Waals surface area contributed by atoms with Gasteiger partial charge < -0.3 is 20.3 Å². The predicted octanol–water partition coefficient (Wildman–Crippen LogP) is 16.5. The van der Waals surface area contributed by atoms with E-state index in [1.807, 2.05) is 6.08 Å². The van der Waals surface area contributed by atoms with Gasteiger partial charge in [0.1, 0.15) is 0 Å². The molecule has 364 valence electrons. The highest BCUT2D eigenvalue weighted by molar-refractivity contribution is 5.76. The van der Waals surface area contributed by atoms with Crippen molar-refractivity contribution in [2.45, 2.75) is 296 Å². The fraction of sp³-hybridized carbons (Fsp3) is 0.857. The third-order valence-electron chi connectivity index (χ3n) is 12.4. The average Bonchev–Trinajstić information content (AvgIpc) is 3.27. The van der Waals surface area contributed by atoms with Crippen LogP contribution in [0, 0.1) is 0 Å². The van der Waals surface area contributed by atoms with E-state index in [1.54, 1.807) is 6.08 Å². The van der Waals surface area contributed by atoms with Crippen molar-refractivity contribution in [1.29, 1.82) is 0 Å². The molecule has 0 aliphatic rings. The molecule has 0 radical (unpaired) electrons. The van der Waals surface area contributed by atoms with Gasteiger partial charge in [0, 0.05) is 12.8 Å². The summed E-state index contributed by atoms with van der Waals surface area (Å²) in [6.45, 7) is 4.84. The summed E-state index contributed by atoms with van der Waals surface area (Å²) in [6.07, 6.45) is 63.0. The van der Waals surface area contributed by atoms with E-state index in [2.05, 4.69) is 43.5 Å². The third-order valence-corrected chi connectivity index (χ3v) is 12.4. The van der Waals surface area contributed by atoms with Crippen molar-refractivity contribution in [3.05, 3.63) is 36.5 Å². The van der Waals surface area contributed by atoms with Crippen molar-refractivity contribution in [2.24, 2.45) is 0 Å². The molecule has 6 nitrogen and oxygen atoms in total. The summed E-state index contributed by atoms with van der Waals surface area (Å²) in [5, 5.41) is 23.0. The molecule has 0 aliphatic carbocycles. The molecule has 1 amide bonds. The molecule has 0 spiro atoms. The number of allylic oxidation sites excluding steroid dienone is 5. The van der Waals surface area contributed by atoms with Crippen LogP contribution in [0.3, 0.4) is 0 Å². The van der Waals surface area contributed by atoms with Gasteiger partial charge in [0.2, 0.25) is 5.91 Å². The van der Waals surface area contributed by atoms with E-state index in [4.69, 9.17) is 4.74 Å². The van der Waals surface area contributed by atoms with E-state index < -0.39 is 12.1 Å². The molecular weight excluding hydrogens is 767 g/mol. The van der Waals surface area contributed by atoms with Gasteiger partial charge in [-0.2, -0.15) is 0 Å². The maximum absolute atomic E-state index is 12.4. The Morgan fingerprint density at radius 2 is 0.806 bits per heavy atom. The zero-order valence-corrected chi connectivity index (χ0v) is 41.4. The van der Waals surface area contributed by atoms with Gasteiger partial charge in [-0.3, -0.25) is 9.59 Å². The lowest BCUT2D eigenvalue weighted by molar-refractivity contribution is -0.143. The van der Waals surface area contributed by atoms with E-state index in [-0.39, 0.29) is 18.5 Å². The van der Waals surface area contributed by atoms with Gasteiger partial charge in [-0.25, -0.2) is 0 Å². The summed E-state index contributed by atoms with van der Waals surface area (Å²) in [6, 6.07) is -0.628. The zero-order chi connectivity index (χ0) is 45.1. The van der Waals surface area contributed by atoms with Crippen LogP contribution in [0.15, 0.2) is 36.5 Å². The highest BCUT2D eigenvalue weighted by Gasteiger charge is 2.18. The quantitative estimate of drug-likeness (QED) is 0.0321. The first-order valence-electron chi connectivity index (χ1n) is 27.3. The molecule has 6 heteroatoms. The maximum atomic E-state index is 12.4. The Morgan fingerprint density at radius 3 is 1.26 bits per heavy atom. The van der Waals surface area contributed by atoms with Gasteiger partial charge in [-0.1, -0.05) is 243 Å². The van der Waals surface area contributed by atoms with Crippen LogP contribution in [-0.2, 0) is 14.3 Å². The largest absolute Gasteiger partial charge is 0.466 e. The summed E-state index contributed by atoms with van der Waals surface area (Å²) in [7, 11) is 0. The first-order chi connectivity index (χ1) is 30.5. The number of nitrogens with one attached hydrogen (secondary N) is 1. The number of esters is 1. The van der Waals surface area contributed by atoms with E-state index >= 15 is 0 Å². The second kappa shape index (κ2) is 51.7. The normalized spacial score (nSPS) is 12.9. The number of aliphatic hydroxyl groups excluding tert-OH is 2. The fourth-order valence-corrected chi connectivity index (χ4v) is 8.19. The Hall–Kier alpha value is -1.92. The standard InChI is InChI=1S/C56H105NO5/c1-3-5-7-9-11-13-15-16-23-27-30-34-38-42-46-50-56(61)62-51-47-43-39-35-31-28-25-22-20-18-17-19-21-24-26-29-33-37-41-45-49-55(60)57-53(52-58)54(59)48-44-40-36-32-14-12-10-8-6-4-2/h11,13,16,23,44,48,53-54,58-59H,3-10,12,14-15,17-22,24-43,45-47,49-52H2,1-2H3,(H,57,60)/b13-11-,23-16-,48-44+. The predicted molar refractivity (Wildman–Crippen MR) is 269 cm³/mol. The second-order valence-corrected chi connectivity index (χ2v) is 18.6. The minimum atomic E-state index is -0.844. The lowest BCUT2D eigenvalue weighted by atomic mass is 10.0. The minimum absolute atomic E-state index is 0.00471. The van der Waals surface area contributed by atoms with Crippen molar-refractivity contribution >= 4 is 11.9 Å². The van der Waals surface area contributed by atoms with E-state index in [9.17, 15) is 19.8 Å². The number of carbonyl (C=O) groups is 2. The lowest BCUT2D eigenvalue weighted by Crippen LogP contribution is -2.45. The molecule has 0 bridgehead atoms. The highest BCUT2D eigenvalue weighted by atomic mass is 16.5. The molecule has 0 rings (SSSR count). The molecule has 0 heterocycles. The molecule has 0 aromatic rings. The van der Waals surface area contributed by atoms with Crippen molar-refractivity contribution in [2.75, 3.05) is 13.2 Å². The number of carbonyl (C=O) groups excluding carboxylic acids is 2. The molecule has 2 atom stereocenters. The van der Waals surface area contributed by atoms with Crippen LogP contribution in [-0.4, -0.2) is 47.4 Å². The lowest BCUT2D eigenvalue weighted by Gasteiger charge is -2.20. The van der Waals surface area contributed by atoms with Crippen LogP contribution < -0.4 is 5.32 Å². The summed E-state index contributed by atoms with van der Waals surface area (Å²) in [4.78, 5) is 24.4. The molecule has 0 aromatic heterocycles. The van der Waals surface area contributed by atoms with Crippen LogP contribution in [0.5, 0.6) is 0 Å². The van der Waals surface area contributed by atoms with E-state index in [0.29, 0.717) is 19.4 Å². The average molecular weight is 872 g/mol. The number of aliphatic hydroxyl groups is 2. The summed E-state index contributed by atoms with van der Waals surface area (Å²) >= 11 is 0. The second-order valence-electron chi connectivity index (χ2n) is 18.6. The molecule has 0 aliphatic heterocycles. The van der Waals surface area contributed by atoms with Gasteiger partial charge in [-0.15, -0.1) is 0 Å². The third kappa shape index (κ3) is 47.6. The van der Waals surface area contributed by atoms with Gasteiger partial charge in [-0.05, 0) is 64.2 Å². The van der Waals surface area contributed by atoms with Crippen LogP contribution in [0.25, 0.3) is 0 Å². The molecule has 0 fully saturated rings. The number of rotatable bonds is 50. The molecule has 0 aromatic carbocycles. The molecule has 62 heavy (non-hydrogen) atoms. The first-order valence-corrected chi connectivity index (χ1v) is 27.3. The smallest absolute Gasteiger partial charge is 0.305 e. The van der Waals surface area contributed by atoms with E-state index in [1.165, 1.54) is 205 Å². The molecule has 3 N–H and O–H groups in total. The SMILES string of the molecule is CCCCC/C=C\C/C=C\CCCCCCCC(=O)OCCCCCCCCCCCCCCCCCCCCCCC(=O)NC(CO)C(O)/C=C/CCCCCCCCCC. The van der Waals surface area contributed by atoms with Crippen LogP contribution >= 0.6 is 0 Å². The number of amides is 1. The van der Waals surface area contributed by atoms with E-state index in [0.717, 1.165) is 51.4 Å². The zero-order valence-electron chi connectivity index (χ0n) is 41.4. The Morgan fingerprint density at radius 1 is 0.452 bits per heavy atom. The molecule has 0 saturated carbocycles. The number of hydrogen-bond donors (Lipinski definition) is 3. The monoisotopic (exact) mass is 872 g/mol. The maximum Gasteiger partial charge on any atom is 0.305 e. The topological polar surface area (TPSA) is 95.9 Å².